The summed E-state index contributed by atoms with van der Waals surface area (Å²) in [6.07, 6.45) is -0.845. The molecule has 0 aliphatic heterocycles. The Hall–Kier alpha value is -2.15. The molecule has 112 valence electrons. The normalized spacial score (nSPS) is 12.4. The van der Waals surface area contributed by atoms with Crippen LogP contribution in [-0.4, -0.2) is 29.0 Å². The van der Waals surface area contributed by atoms with Gasteiger partial charge >= 0.3 is 5.97 Å². The van der Waals surface area contributed by atoms with Gasteiger partial charge in [0.1, 0.15) is 0 Å². The number of nitrogen functional groups attached to an aromatic ring is 1. The number of benzene rings is 1. The molecule has 0 spiro atoms. The van der Waals surface area contributed by atoms with Gasteiger partial charge in [0.25, 0.3) is 5.91 Å². The van der Waals surface area contributed by atoms with Gasteiger partial charge in [0.05, 0.1) is 15.8 Å². The lowest BCUT2D eigenvalue weighted by atomic mass is 10.2. The second-order valence-electron chi connectivity index (χ2n) is 4.95. The quantitative estimate of drug-likeness (QED) is 0.842. The highest BCUT2D eigenvalue weighted by Gasteiger charge is 2.19. The predicted octanol–water partition coefficient (Wildman–Crippen LogP) is 1.95. The summed E-state index contributed by atoms with van der Waals surface area (Å²) in [7, 11) is 0. The van der Waals surface area contributed by atoms with Crippen LogP contribution < -0.4 is 11.1 Å². The second kappa shape index (κ2) is 6.09. The molecule has 0 unspecified atom stereocenters. The van der Waals surface area contributed by atoms with Gasteiger partial charge in [-0.15, -0.1) is 0 Å². The number of carbonyl (C=O) groups excluding carboxylic acids is 2. The third-order valence-electron chi connectivity index (χ3n) is 2.72. The third kappa shape index (κ3) is 3.69. The number of anilines is 1. The van der Waals surface area contributed by atoms with Crippen molar-refractivity contribution in [3.05, 3.63) is 23.8 Å². The molecule has 1 amide bonds. The Morgan fingerprint density at radius 3 is 2.71 bits per heavy atom. The zero-order valence-corrected chi connectivity index (χ0v) is 12.9. The Bertz CT molecular complexity index is 681. The first-order valence-corrected chi connectivity index (χ1v) is 7.36. The van der Waals surface area contributed by atoms with E-state index in [1.54, 1.807) is 25.1 Å². The number of amides is 1. The number of carbonyl (C=O) groups is 2. The van der Waals surface area contributed by atoms with Crippen LogP contribution in [0.3, 0.4) is 0 Å². The highest BCUT2D eigenvalue weighted by atomic mass is 32.1. The molecule has 1 aromatic carbocycles. The van der Waals surface area contributed by atoms with Crippen molar-refractivity contribution in [2.24, 2.45) is 0 Å². The average molecular weight is 307 g/mol. The molecule has 2 aromatic rings. The Morgan fingerprint density at radius 1 is 1.33 bits per heavy atom. The van der Waals surface area contributed by atoms with Crippen molar-refractivity contribution in [2.75, 3.05) is 5.73 Å². The van der Waals surface area contributed by atoms with E-state index in [-0.39, 0.29) is 11.9 Å². The zero-order valence-electron chi connectivity index (χ0n) is 12.0. The number of rotatable bonds is 4. The molecular weight excluding hydrogens is 290 g/mol. The Kier molecular flexibility index (Phi) is 4.42. The smallest absolute Gasteiger partial charge is 0.338 e. The number of nitrogens with zero attached hydrogens (tertiary/aromatic N) is 1. The van der Waals surface area contributed by atoms with E-state index in [9.17, 15) is 9.59 Å². The molecular formula is C14H17N3O3S. The molecule has 1 aromatic heterocycles. The molecule has 1 heterocycles. The van der Waals surface area contributed by atoms with Gasteiger partial charge in [-0.1, -0.05) is 11.3 Å². The molecule has 0 radical (unpaired) electrons. The lowest BCUT2D eigenvalue weighted by Crippen LogP contribution is -2.39. The summed E-state index contributed by atoms with van der Waals surface area (Å²) in [4.78, 5) is 27.9. The van der Waals surface area contributed by atoms with Gasteiger partial charge < -0.3 is 15.8 Å². The van der Waals surface area contributed by atoms with Crippen LogP contribution in [-0.2, 0) is 9.53 Å². The van der Waals surface area contributed by atoms with E-state index >= 15 is 0 Å². The number of ether oxygens (including phenoxy) is 1. The molecule has 7 heteroatoms. The van der Waals surface area contributed by atoms with E-state index in [1.165, 1.54) is 11.3 Å². The molecule has 2 rings (SSSR count). The number of aromatic nitrogens is 1. The number of thiazole rings is 1. The fourth-order valence-electron chi connectivity index (χ4n) is 1.75. The van der Waals surface area contributed by atoms with E-state index in [1.807, 2.05) is 13.8 Å². The van der Waals surface area contributed by atoms with E-state index in [2.05, 4.69) is 10.3 Å². The molecule has 0 saturated heterocycles. The van der Waals surface area contributed by atoms with E-state index in [0.29, 0.717) is 10.7 Å². The molecule has 3 N–H and O–H groups in total. The minimum atomic E-state index is -0.845. The molecule has 0 fully saturated rings. The van der Waals surface area contributed by atoms with Crippen LogP contribution in [0.2, 0.25) is 0 Å². The number of esters is 1. The first-order valence-electron chi connectivity index (χ1n) is 6.54. The summed E-state index contributed by atoms with van der Waals surface area (Å²) in [6.45, 7) is 5.22. The number of nitrogens with two attached hydrogens (primary N) is 1. The largest absolute Gasteiger partial charge is 0.449 e. The maximum absolute atomic E-state index is 12.0. The first-order chi connectivity index (χ1) is 9.86. The van der Waals surface area contributed by atoms with Gasteiger partial charge in [-0.05, 0) is 39.0 Å². The van der Waals surface area contributed by atoms with Crippen LogP contribution in [0.15, 0.2) is 18.2 Å². The fraction of sp³-hybridized carbons (Fsp3) is 0.357. The molecule has 0 aliphatic rings. The first kappa shape index (κ1) is 15.2. The average Bonchev–Trinajstić information content (AvgIpc) is 2.76. The van der Waals surface area contributed by atoms with Crippen molar-refractivity contribution in [1.29, 1.82) is 0 Å². The molecule has 1 atom stereocenters. The van der Waals surface area contributed by atoms with Crippen molar-refractivity contribution in [3.8, 4) is 0 Å². The van der Waals surface area contributed by atoms with Crippen molar-refractivity contribution in [3.63, 3.8) is 0 Å². The van der Waals surface area contributed by atoms with Crippen LogP contribution in [0, 0.1) is 0 Å². The topological polar surface area (TPSA) is 94.3 Å². The molecule has 6 nitrogen and oxygen atoms in total. The van der Waals surface area contributed by atoms with E-state index < -0.39 is 12.1 Å². The number of fused-ring (bicyclic) bond motifs is 1. The van der Waals surface area contributed by atoms with Crippen LogP contribution in [0.1, 0.15) is 31.1 Å². The molecule has 0 saturated carbocycles. The maximum atomic E-state index is 12.0. The van der Waals surface area contributed by atoms with Crippen molar-refractivity contribution in [2.45, 2.75) is 32.9 Å². The number of hydrogen-bond donors (Lipinski definition) is 2. The number of hydrogen-bond acceptors (Lipinski definition) is 6. The van der Waals surface area contributed by atoms with Crippen LogP contribution in [0.4, 0.5) is 5.13 Å². The lowest BCUT2D eigenvalue weighted by molar-refractivity contribution is -0.129. The number of nitrogens with one attached hydrogen (secondary N) is 1. The van der Waals surface area contributed by atoms with Gasteiger partial charge in [0.15, 0.2) is 11.2 Å². The van der Waals surface area contributed by atoms with E-state index in [4.69, 9.17) is 10.5 Å². The minimum absolute atomic E-state index is 0.00447. The van der Waals surface area contributed by atoms with Gasteiger partial charge in [-0.25, -0.2) is 9.78 Å². The third-order valence-corrected chi connectivity index (χ3v) is 3.57. The monoisotopic (exact) mass is 307 g/mol. The van der Waals surface area contributed by atoms with Crippen molar-refractivity contribution < 1.29 is 14.3 Å². The standard InChI is InChI=1S/C14H17N3O3S/c1-7(2)16-12(18)8(3)20-13(19)9-4-5-10-11(6-9)21-14(15)17-10/h4-8H,1-3H3,(H2,15,17)(H,16,18)/t8-/m1/s1. The molecule has 21 heavy (non-hydrogen) atoms. The Morgan fingerprint density at radius 2 is 2.05 bits per heavy atom. The highest BCUT2D eigenvalue weighted by molar-refractivity contribution is 7.22. The van der Waals surface area contributed by atoms with Crippen LogP contribution in [0.5, 0.6) is 0 Å². The molecule has 0 aliphatic carbocycles. The van der Waals surface area contributed by atoms with Crippen molar-refractivity contribution in [1.82, 2.24) is 10.3 Å². The summed E-state index contributed by atoms with van der Waals surface area (Å²) in [6, 6.07) is 4.97. The summed E-state index contributed by atoms with van der Waals surface area (Å²) >= 11 is 1.30. The second-order valence-corrected chi connectivity index (χ2v) is 6.01. The predicted molar refractivity (Wildman–Crippen MR) is 82.2 cm³/mol. The molecule has 0 bridgehead atoms. The van der Waals surface area contributed by atoms with Crippen LogP contribution >= 0.6 is 11.3 Å². The minimum Gasteiger partial charge on any atom is -0.449 e. The van der Waals surface area contributed by atoms with Gasteiger partial charge in [0.2, 0.25) is 0 Å². The Labute approximate surface area is 126 Å². The van der Waals surface area contributed by atoms with Gasteiger partial charge in [0, 0.05) is 6.04 Å². The van der Waals surface area contributed by atoms with Gasteiger partial charge in [-0.2, -0.15) is 0 Å². The van der Waals surface area contributed by atoms with Gasteiger partial charge in [-0.3, -0.25) is 4.79 Å². The Balaban J connectivity index is 2.09. The summed E-state index contributed by atoms with van der Waals surface area (Å²) < 4.78 is 5.96. The summed E-state index contributed by atoms with van der Waals surface area (Å²) in [5.74, 6) is -0.864. The highest BCUT2D eigenvalue weighted by Crippen LogP contribution is 2.24. The van der Waals surface area contributed by atoms with E-state index in [0.717, 1.165) is 10.2 Å². The zero-order chi connectivity index (χ0) is 15.6. The maximum Gasteiger partial charge on any atom is 0.338 e. The SMILES string of the molecule is CC(C)NC(=O)[C@@H](C)OC(=O)c1ccc2nc(N)sc2c1. The summed E-state index contributed by atoms with van der Waals surface area (Å²) in [5.41, 5.74) is 6.73. The van der Waals surface area contributed by atoms with Crippen LogP contribution in [0.25, 0.3) is 10.2 Å². The summed E-state index contributed by atoms with van der Waals surface area (Å²) in [5, 5.41) is 3.14. The lowest BCUT2D eigenvalue weighted by Gasteiger charge is -2.15. The van der Waals surface area contributed by atoms with Crippen molar-refractivity contribution >= 4 is 38.6 Å². The fourth-order valence-corrected chi connectivity index (χ4v) is 2.53.